The standard InChI is InChI=1S/C43H26N2O2/c44-27-37-34(29-11-3-1-4-12-29)23-31(24-35(37)30-13-5-2-6-14-30)28-19-21-32(22-20-28)45-38-16-8-7-15-33(38)36-25-42-43(26-39(36)45)47-41-18-10-9-17-40(41)46-42/h1-26H. The van der Waals surface area contributed by atoms with Gasteiger partial charge in [0.15, 0.2) is 23.0 Å². The molecule has 2 heterocycles. The van der Waals surface area contributed by atoms with Crippen LogP contribution in [0.5, 0.6) is 23.0 Å². The van der Waals surface area contributed by atoms with Gasteiger partial charge in [-0.25, -0.2) is 0 Å². The van der Waals surface area contributed by atoms with Gasteiger partial charge in [0.25, 0.3) is 0 Å². The molecule has 0 amide bonds. The largest absolute Gasteiger partial charge is 0.449 e. The summed E-state index contributed by atoms with van der Waals surface area (Å²) >= 11 is 0. The van der Waals surface area contributed by atoms with Crippen LogP contribution in [0.15, 0.2) is 158 Å². The summed E-state index contributed by atoms with van der Waals surface area (Å²) in [6, 6.07) is 56.1. The monoisotopic (exact) mass is 602 g/mol. The van der Waals surface area contributed by atoms with Crippen LogP contribution in [0.2, 0.25) is 0 Å². The second-order valence-corrected chi connectivity index (χ2v) is 11.7. The third kappa shape index (κ3) is 4.45. The molecule has 0 saturated carbocycles. The van der Waals surface area contributed by atoms with Crippen molar-refractivity contribution in [2.45, 2.75) is 0 Å². The van der Waals surface area contributed by atoms with Crippen molar-refractivity contribution < 1.29 is 9.47 Å². The quantitative estimate of drug-likeness (QED) is 0.201. The van der Waals surface area contributed by atoms with Crippen LogP contribution in [0, 0.1) is 11.3 Å². The maximum Gasteiger partial charge on any atom is 0.172 e. The van der Waals surface area contributed by atoms with Gasteiger partial charge >= 0.3 is 0 Å². The third-order valence-electron chi connectivity index (χ3n) is 8.91. The number of para-hydroxylation sites is 3. The predicted octanol–water partition coefficient (Wildman–Crippen LogP) is 11.6. The summed E-state index contributed by atoms with van der Waals surface area (Å²) in [5.41, 5.74) is 9.84. The van der Waals surface area contributed by atoms with Crippen molar-refractivity contribution in [3.63, 3.8) is 0 Å². The summed E-state index contributed by atoms with van der Waals surface area (Å²) in [6.07, 6.45) is 0. The third-order valence-corrected chi connectivity index (χ3v) is 8.91. The van der Waals surface area contributed by atoms with Gasteiger partial charge in [0.2, 0.25) is 0 Å². The van der Waals surface area contributed by atoms with E-state index in [4.69, 9.17) is 9.47 Å². The van der Waals surface area contributed by atoms with Crippen molar-refractivity contribution in [3.8, 4) is 68.1 Å². The van der Waals surface area contributed by atoms with Crippen LogP contribution in [0.4, 0.5) is 0 Å². The summed E-state index contributed by atoms with van der Waals surface area (Å²) in [7, 11) is 0. The number of fused-ring (bicyclic) bond motifs is 5. The van der Waals surface area contributed by atoms with Crippen LogP contribution in [0.25, 0.3) is 60.9 Å². The van der Waals surface area contributed by atoms with E-state index in [1.54, 1.807) is 0 Å². The number of aromatic nitrogens is 1. The molecule has 0 N–H and O–H groups in total. The Morgan fingerprint density at radius 3 is 1.60 bits per heavy atom. The van der Waals surface area contributed by atoms with E-state index in [2.05, 4.69) is 108 Å². The lowest BCUT2D eigenvalue weighted by Gasteiger charge is -2.20. The Kier molecular flexibility index (Phi) is 6.16. The van der Waals surface area contributed by atoms with Crippen molar-refractivity contribution in [3.05, 3.63) is 163 Å². The van der Waals surface area contributed by atoms with Crippen molar-refractivity contribution in [1.82, 2.24) is 4.57 Å². The van der Waals surface area contributed by atoms with Gasteiger partial charge in [-0.3, -0.25) is 0 Å². The summed E-state index contributed by atoms with van der Waals surface area (Å²) in [5.74, 6) is 2.82. The van der Waals surface area contributed by atoms with E-state index in [0.717, 1.165) is 60.9 Å². The molecule has 1 aromatic heterocycles. The van der Waals surface area contributed by atoms with Crippen LogP contribution in [-0.4, -0.2) is 4.57 Å². The highest BCUT2D eigenvalue weighted by molar-refractivity contribution is 6.10. The van der Waals surface area contributed by atoms with Crippen molar-refractivity contribution in [1.29, 1.82) is 5.26 Å². The van der Waals surface area contributed by atoms with E-state index in [-0.39, 0.29) is 0 Å². The Bertz CT molecular complexity index is 2450. The number of rotatable bonds is 4. The highest BCUT2D eigenvalue weighted by Crippen LogP contribution is 2.48. The second kappa shape index (κ2) is 10.8. The zero-order valence-corrected chi connectivity index (χ0v) is 25.2. The first kappa shape index (κ1) is 26.8. The average molecular weight is 603 g/mol. The molecule has 4 heteroatoms. The maximum absolute atomic E-state index is 10.4. The van der Waals surface area contributed by atoms with Crippen LogP contribution in [0.3, 0.4) is 0 Å². The topological polar surface area (TPSA) is 47.2 Å². The molecule has 8 aromatic rings. The van der Waals surface area contributed by atoms with Crippen LogP contribution in [-0.2, 0) is 0 Å². The van der Waals surface area contributed by atoms with Crippen LogP contribution in [0.1, 0.15) is 5.56 Å². The first-order valence-electron chi connectivity index (χ1n) is 15.6. The number of ether oxygens (including phenoxy) is 2. The number of hydrogen-bond acceptors (Lipinski definition) is 3. The molecule has 4 nitrogen and oxygen atoms in total. The lowest BCUT2D eigenvalue weighted by atomic mass is 9.88. The highest BCUT2D eigenvalue weighted by Gasteiger charge is 2.22. The summed E-state index contributed by atoms with van der Waals surface area (Å²) in [4.78, 5) is 0. The van der Waals surface area contributed by atoms with E-state index < -0.39 is 0 Å². The number of nitriles is 1. The Morgan fingerprint density at radius 1 is 0.426 bits per heavy atom. The van der Waals surface area contributed by atoms with Crippen LogP contribution >= 0.6 is 0 Å². The normalized spacial score (nSPS) is 11.7. The molecule has 47 heavy (non-hydrogen) atoms. The second-order valence-electron chi connectivity index (χ2n) is 11.7. The van der Waals surface area contributed by atoms with Gasteiger partial charge in [-0.2, -0.15) is 5.26 Å². The zero-order chi connectivity index (χ0) is 31.3. The molecule has 0 spiro atoms. The molecule has 0 fully saturated rings. The van der Waals surface area contributed by atoms with Gasteiger partial charge in [0.1, 0.15) is 6.07 Å². The molecule has 0 aliphatic carbocycles. The number of hydrogen-bond donors (Lipinski definition) is 0. The fourth-order valence-corrected chi connectivity index (χ4v) is 6.69. The van der Waals surface area contributed by atoms with Gasteiger partial charge < -0.3 is 14.0 Å². The molecule has 9 rings (SSSR count). The lowest BCUT2D eigenvalue weighted by molar-refractivity contribution is 0.360. The molecule has 0 bridgehead atoms. The fraction of sp³-hybridized carbons (Fsp3) is 0. The van der Waals surface area contributed by atoms with Crippen LogP contribution < -0.4 is 9.47 Å². The fourth-order valence-electron chi connectivity index (χ4n) is 6.69. The first-order valence-corrected chi connectivity index (χ1v) is 15.6. The highest BCUT2D eigenvalue weighted by atomic mass is 16.6. The zero-order valence-electron chi connectivity index (χ0n) is 25.2. The minimum absolute atomic E-state index is 0.671. The molecule has 1 aliphatic rings. The van der Waals surface area contributed by atoms with E-state index in [9.17, 15) is 5.26 Å². The van der Waals surface area contributed by atoms with E-state index in [1.165, 1.54) is 0 Å². The minimum Gasteiger partial charge on any atom is -0.449 e. The van der Waals surface area contributed by atoms with Gasteiger partial charge in [-0.1, -0.05) is 103 Å². The van der Waals surface area contributed by atoms with E-state index in [0.29, 0.717) is 28.6 Å². The smallest absolute Gasteiger partial charge is 0.172 e. The summed E-state index contributed by atoms with van der Waals surface area (Å²) in [5, 5.41) is 12.6. The molecule has 0 saturated heterocycles. The molecule has 0 unspecified atom stereocenters. The SMILES string of the molecule is N#Cc1c(-c2ccccc2)cc(-c2ccc(-n3c4ccccc4c4cc5c(cc43)Oc3ccccc3O5)cc2)cc1-c1ccccc1. The molecule has 0 atom stereocenters. The van der Waals surface area contributed by atoms with Crippen molar-refractivity contribution in [2.24, 2.45) is 0 Å². The molecule has 7 aromatic carbocycles. The molecular formula is C43H26N2O2. The van der Waals surface area contributed by atoms with Gasteiger partial charge in [0.05, 0.1) is 16.6 Å². The van der Waals surface area contributed by atoms with Crippen molar-refractivity contribution >= 4 is 21.8 Å². The van der Waals surface area contributed by atoms with Gasteiger partial charge in [-0.05, 0) is 70.8 Å². The number of nitrogens with zero attached hydrogens (tertiary/aromatic N) is 2. The Balaban J connectivity index is 1.19. The summed E-state index contributed by atoms with van der Waals surface area (Å²) in [6.45, 7) is 0. The maximum atomic E-state index is 10.4. The number of benzene rings is 7. The Labute approximate surface area is 271 Å². The summed E-state index contributed by atoms with van der Waals surface area (Å²) < 4.78 is 14.8. The lowest BCUT2D eigenvalue weighted by Crippen LogP contribution is -1.99. The molecule has 0 radical (unpaired) electrons. The molecular weight excluding hydrogens is 576 g/mol. The van der Waals surface area contributed by atoms with E-state index >= 15 is 0 Å². The van der Waals surface area contributed by atoms with E-state index in [1.807, 2.05) is 60.7 Å². The van der Waals surface area contributed by atoms with Gasteiger partial charge in [0, 0.05) is 33.7 Å². The molecule has 220 valence electrons. The predicted molar refractivity (Wildman–Crippen MR) is 188 cm³/mol. The average Bonchev–Trinajstić information content (AvgIpc) is 3.46. The van der Waals surface area contributed by atoms with Crippen molar-refractivity contribution in [2.75, 3.05) is 0 Å². The first-order chi connectivity index (χ1) is 23.2. The minimum atomic E-state index is 0.671. The molecule has 1 aliphatic heterocycles. The Morgan fingerprint density at radius 2 is 0.979 bits per heavy atom. The Hall–Kier alpha value is -6.57. The van der Waals surface area contributed by atoms with Gasteiger partial charge in [-0.15, -0.1) is 0 Å².